The average molecular weight is 1050 g/mol. The Morgan fingerprint density at radius 2 is 0.792 bits per heavy atom. The molecule has 2 saturated heterocycles. The molecule has 0 atom stereocenters. The fourth-order valence-electron chi connectivity index (χ4n) is 8.03. The molecule has 0 aromatic heterocycles. The number of hydrogen-bond acceptors (Lipinski definition) is 14. The number of esters is 4. The molecule has 16 heteroatoms. The number of nitrogens with zero attached hydrogens (tertiary/aromatic N) is 4. The fourth-order valence-corrected chi connectivity index (χ4v) is 10.2. The van der Waals surface area contributed by atoms with E-state index in [2.05, 4.69) is 43.9 Å². The molecule has 8 rings (SSSR count). The molecule has 6 aromatic rings. The van der Waals surface area contributed by atoms with Gasteiger partial charge in [0, 0.05) is 120 Å². The summed E-state index contributed by atoms with van der Waals surface area (Å²) < 4.78 is 22.2. The zero-order valence-corrected chi connectivity index (χ0v) is 42.7. The number of rotatable bonds is 20. The maximum Gasteiger partial charge on any atom is 0.347 e. The molecule has 0 N–H and O–H groups in total. The lowest BCUT2D eigenvalue weighted by molar-refractivity contribution is -0.135. The third kappa shape index (κ3) is 16.3. The van der Waals surface area contributed by atoms with Crippen LogP contribution in [0, 0.1) is 0 Å². The average Bonchev–Trinajstić information content (AvgIpc) is 3.39. The van der Waals surface area contributed by atoms with Crippen LogP contribution in [-0.2, 0) is 32.2 Å². The van der Waals surface area contributed by atoms with Gasteiger partial charge in [0.15, 0.2) is 0 Å². The number of halogens is 2. The molecular weight excluding hydrogens is 992 g/mol. The van der Waals surface area contributed by atoms with Gasteiger partial charge in [-0.3, -0.25) is 19.6 Å². The molecule has 0 spiro atoms. The fraction of sp³-hybridized carbons (Fsp3) is 0.250. The highest BCUT2D eigenvalue weighted by atomic mass is 35.5. The lowest BCUT2D eigenvalue weighted by Gasteiger charge is -2.34. The molecule has 0 radical (unpaired) electrons. The van der Waals surface area contributed by atoms with Gasteiger partial charge in [0.05, 0.1) is 11.1 Å². The van der Waals surface area contributed by atoms with Crippen molar-refractivity contribution in [2.75, 3.05) is 78.7 Å². The minimum atomic E-state index is -1.10. The van der Waals surface area contributed by atoms with Crippen LogP contribution >= 0.6 is 46.7 Å². The Bertz CT molecular complexity index is 2590. The van der Waals surface area contributed by atoms with Crippen LogP contribution in [0.2, 0.25) is 10.0 Å². The monoisotopic (exact) mass is 1040 g/mol. The number of hydrogen-bond donors (Lipinski definition) is 0. The Morgan fingerprint density at radius 1 is 0.444 bits per heavy atom. The van der Waals surface area contributed by atoms with E-state index in [0.29, 0.717) is 23.0 Å². The van der Waals surface area contributed by atoms with Crippen LogP contribution in [0.1, 0.15) is 31.8 Å². The normalized spacial score (nSPS) is 14.8. The van der Waals surface area contributed by atoms with Gasteiger partial charge in [0.1, 0.15) is 24.7 Å². The van der Waals surface area contributed by atoms with E-state index in [-0.39, 0.29) is 11.1 Å². The van der Waals surface area contributed by atoms with Crippen molar-refractivity contribution in [2.24, 2.45) is 0 Å². The number of ether oxygens (including phenoxy) is 4. The Balaban J connectivity index is 0.731. The van der Waals surface area contributed by atoms with Crippen LogP contribution in [0.3, 0.4) is 0 Å². The molecule has 2 heterocycles. The Morgan fingerprint density at radius 3 is 1.17 bits per heavy atom. The third-order valence-electron chi connectivity index (χ3n) is 12.0. The summed E-state index contributed by atoms with van der Waals surface area (Å²) >= 11 is 14.7. The predicted octanol–water partition coefficient (Wildman–Crippen LogP) is 10.3. The van der Waals surface area contributed by atoms with Crippen molar-refractivity contribution < 1.29 is 38.1 Å². The second-order valence-corrected chi connectivity index (χ2v) is 20.2. The summed E-state index contributed by atoms with van der Waals surface area (Å²) in [4.78, 5) is 64.2. The molecule has 6 aromatic carbocycles. The molecule has 0 aliphatic carbocycles. The van der Waals surface area contributed by atoms with Gasteiger partial charge in [-0.05, 0) is 108 Å². The van der Waals surface area contributed by atoms with E-state index in [4.69, 9.17) is 42.1 Å². The van der Waals surface area contributed by atoms with Crippen LogP contribution in [-0.4, -0.2) is 122 Å². The molecule has 0 amide bonds. The Hall–Kier alpha value is -5.94. The molecule has 12 nitrogen and oxygen atoms in total. The summed E-state index contributed by atoms with van der Waals surface area (Å²) in [5.41, 5.74) is 2.85. The molecule has 0 unspecified atom stereocenters. The topological polar surface area (TPSA) is 118 Å². The summed E-state index contributed by atoms with van der Waals surface area (Å²) in [6.45, 7) is 12.4. The molecule has 0 bridgehead atoms. The zero-order valence-electron chi connectivity index (χ0n) is 39.5. The van der Waals surface area contributed by atoms with Gasteiger partial charge >= 0.3 is 23.9 Å². The van der Waals surface area contributed by atoms with Gasteiger partial charge in [0.2, 0.25) is 0 Å². The summed E-state index contributed by atoms with van der Waals surface area (Å²) in [7, 11) is 0. The lowest BCUT2D eigenvalue weighted by Crippen LogP contribution is -2.47. The molecule has 0 saturated carbocycles. The van der Waals surface area contributed by atoms with Crippen molar-refractivity contribution in [3.8, 4) is 11.5 Å². The van der Waals surface area contributed by atoms with E-state index in [1.54, 1.807) is 48.5 Å². The first kappa shape index (κ1) is 52.4. The number of carbonyl (C=O) groups excluding carboxylic acids is 4. The highest BCUT2D eigenvalue weighted by molar-refractivity contribution is 7.99. The Labute approximate surface area is 438 Å². The zero-order chi connectivity index (χ0) is 50.1. The van der Waals surface area contributed by atoms with E-state index in [1.807, 2.05) is 72.8 Å². The van der Waals surface area contributed by atoms with Gasteiger partial charge in [-0.1, -0.05) is 95.3 Å². The Kier molecular flexibility index (Phi) is 19.4. The largest absolute Gasteiger partial charge is 0.492 e. The number of carbonyl (C=O) groups is 4. The summed E-state index contributed by atoms with van der Waals surface area (Å²) in [6.07, 6.45) is 1.50. The van der Waals surface area contributed by atoms with Crippen LogP contribution in [0.25, 0.3) is 0 Å². The molecule has 72 heavy (non-hydrogen) atoms. The third-order valence-corrected chi connectivity index (χ3v) is 14.7. The van der Waals surface area contributed by atoms with Gasteiger partial charge in [-0.15, -0.1) is 0 Å². The van der Waals surface area contributed by atoms with Crippen LogP contribution in [0.15, 0.2) is 177 Å². The SMILES string of the molecule is O=C(/C=C\C(=O)OC(=O)c1ccccc1Sc1ccc(OCCN2CCN(Cc3ccc(Cl)cc3)CC2)cc1)OC(=O)c1ccccc1Sc1ccc(OCCN2CCN(Cc3ccc(Cl)cc3)CC2)cc1. The highest BCUT2D eigenvalue weighted by Gasteiger charge is 2.21. The van der Waals surface area contributed by atoms with E-state index < -0.39 is 23.9 Å². The maximum absolute atomic E-state index is 13.2. The summed E-state index contributed by atoms with van der Waals surface area (Å²) in [6, 6.07) is 44.7. The van der Waals surface area contributed by atoms with E-state index in [1.165, 1.54) is 34.7 Å². The molecule has 372 valence electrons. The first-order valence-corrected chi connectivity index (χ1v) is 26.1. The molecular formula is C56H54Cl2N4O8S2. The van der Waals surface area contributed by atoms with Crippen molar-refractivity contribution >= 4 is 70.6 Å². The minimum Gasteiger partial charge on any atom is -0.492 e. The van der Waals surface area contributed by atoms with E-state index in [9.17, 15) is 19.2 Å². The smallest absolute Gasteiger partial charge is 0.347 e. The molecule has 2 aliphatic heterocycles. The molecule has 2 fully saturated rings. The van der Waals surface area contributed by atoms with Crippen molar-refractivity contribution in [3.63, 3.8) is 0 Å². The van der Waals surface area contributed by atoms with Gasteiger partial charge in [0.25, 0.3) is 0 Å². The van der Waals surface area contributed by atoms with Gasteiger partial charge in [-0.2, -0.15) is 0 Å². The van der Waals surface area contributed by atoms with Crippen molar-refractivity contribution in [3.05, 3.63) is 190 Å². The lowest BCUT2D eigenvalue weighted by atomic mass is 10.2. The van der Waals surface area contributed by atoms with Crippen LogP contribution in [0.5, 0.6) is 11.5 Å². The quantitative estimate of drug-likeness (QED) is 0.0410. The molecule has 2 aliphatic rings. The highest BCUT2D eigenvalue weighted by Crippen LogP contribution is 2.33. The van der Waals surface area contributed by atoms with E-state index in [0.717, 1.165) is 122 Å². The van der Waals surface area contributed by atoms with Crippen molar-refractivity contribution in [2.45, 2.75) is 32.7 Å². The number of benzene rings is 6. The van der Waals surface area contributed by atoms with Crippen molar-refractivity contribution in [1.29, 1.82) is 0 Å². The summed E-state index contributed by atoms with van der Waals surface area (Å²) in [5.74, 6) is -2.52. The first-order valence-electron chi connectivity index (χ1n) is 23.7. The predicted molar refractivity (Wildman–Crippen MR) is 281 cm³/mol. The standard InChI is InChI=1S/C56H54Cl2N4O8S2/c57-43-13-9-41(10-14-43)39-61-31-27-59(28-32-61)35-37-67-45-17-21-47(22-18-45)71-51-7-3-1-5-49(51)55(65)69-53(63)25-26-54(64)70-56(66)50-6-2-4-8-52(50)72-48-23-19-46(20-24-48)68-38-36-60-29-33-62(34-30-60)40-42-11-15-44(58)16-12-42/h1-26H,27-40H2/b26-25-. The van der Waals surface area contributed by atoms with Crippen LogP contribution < -0.4 is 9.47 Å². The van der Waals surface area contributed by atoms with Gasteiger partial charge < -0.3 is 18.9 Å². The van der Waals surface area contributed by atoms with Crippen molar-refractivity contribution in [1.82, 2.24) is 19.6 Å². The second-order valence-electron chi connectivity index (χ2n) is 17.1. The summed E-state index contributed by atoms with van der Waals surface area (Å²) in [5, 5.41) is 1.50. The second kappa shape index (κ2) is 26.7. The first-order chi connectivity index (χ1) is 35.1. The van der Waals surface area contributed by atoms with E-state index >= 15 is 0 Å². The maximum atomic E-state index is 13.2. The number of piperazine rings is 2. The van der Waals surface area contributed by atoms with Gasteiger partial charge in [-0.25, -0.2) is 19.2 Å². The minimum absolute atomic E-state index is 0.166. The van der Waals surface area contributed by atoms with Crippen LogP contribution in [0.4, 0.5) is 0 Å².